The van der Waals surface area contributed by atoms with Crippen molar-refractivity contribution in [2.45, 2.75) is 19.3 Å². The number of ether oxygens (including phenoxy) is 1. The first kappa shape index (κ1) is 16.7. The molecule has 0 spiro atoms. The number of hydrogen-bond donors (Lipinski definition) is 1. The highest BCUT2D eigenvalue weighted by Gasteiger charge is 2.25. The molecule has 0 radical (unpaired) electrons. The Morgan fingerprint density at radius 2 is 1.95 bits per heavy atom. The normalized spacial score (nSPS) is 12.0. The van der Waals surface area contributed by atoms with Crippen LogP contribution in [0.4, 0.5) is 0 Å². The zero-order valence-corrected chi connectivity index (χ0v) is 13.8. The van der Waals surface area contributed by atoms with Crippen LogP contribution in [-0.4, -0.2) is 18.2 Å². The molecule has 0 amide bonds. The summed E-state index contributed by atoms with van der Waals surface area (Å²) in [5.74, 6) is -1.11. The number of benzene rings is 2. The van der Waals surface area contributed by atoms with Crippen LogP contribution in [0.15, 0.2) is 36.4 Å². The number of rotatable bonds is 5. The third-order valence-electron chi connectivity index (χ3n) is 3.50. The van der Waals surface area contributed by atoms with Crippen molar-refractivity contribution in [2.24, 2.45) is 0 Å². The third kappa shape index (κ3) is 3.73. The van der Waals surface area contributed by atoms with Crippen LogP contribution in [0.5, 0.6) is 5.75 Å². The van der Waals surface area contributed by atoms with E-state index in [0.29, 0.717) is 21.4 Å². The Balaban J connectivity index is 2.43. The minimum absolute atomic E-state index is 0.269. The molecule has 0 bridgehead atoms. The zero-order valence-electron chi connectivity index (χ0n) is 12.3. The first-order valence-electron chi connectivity index (χ1n) is 6.73. The van der Waals surface area contributed by atoms with Crippen LogP contribution in [0, 0.1) is 6.92 Å². The van der Waals surface area contributed by atoms with Gasteiger partial charge in [-0.3, -0.25) is 4.79 Å². The van der Waals surface area contributed by atoms with Crippen LogP contribution >= 0.6 is 23.2 Å². The Bertz CT molecular complexity index is 698. The lowest BCUT2D eigenvalue weighted by atomic mass is 9.90. The van der Waals surface area contributed by atoms with Crippen molar-refractivity contribution in [2.75, 3.05) is 7.11 Å². The molecule has 0 saturated heterocycles. The molecule has 0 aliphatic rings. The minimum atomic E-state index is -0.921. The second kappa shape index (κ2) is 7.03. The van der Waals surface area contributed by atoms with E-state index >= 15 is 0 Å². The zero-order chi connectivity index (χ0) is 16.3. The molecule has 2 aromatic rings. The van der Waals surface area contributed by atoms with E-state index in [0.717, 1.165) is 11.1 Å². The summed E-state index contributed by atoms with van der Waals surface area (Å²) in [6, 6.07) is 10.6. The van der Waals surface area contributed by atoms with Gasteiger partial charge in [0.15, 0.2) is 0 Å². The number of carboxylic acid groups (broad SMARTS) is 1. The second-order valence-corrected chi connectivity index (χ2v) is 5.92. The molecule has 116 valence electrons. The van der Waals surface area contributed by atoms with Crippen molar-refractivity contribution < 1.29 is 14.6 Å². The summed E-state index contributed by atoms with van der Waals surface area (Å²) in [7, 11) is 1.53. The van der Waals surface area contributed by atoms with E-state index in [1.54, 1.807) is 24.3 Å². The lowest BCUT2D eigenvalue weighted by Gasteiger charge is -2.17. The van der Waals surface area contributed by atoms with Crippen molar-refractivity contribution in [1.82, 2.24) is 0 Å². The quantitative estimate of drug-likeness (QED) is 0.857. The second-order valence-electron chi connectivity index (χ2n) is 5.08. The molecule has 3 nitrogen and oxygen atoms in total. The first-order valence-corrected chi connectivity index (χ1v) is 7.49. The molecule has 0 fully saturated rings. The van der Waals surface area contributed by atoms with E-state index in [9.17, 15) is 9.90 Å². The fourth-order valence-corrected chi connectivity index (χ4v) is 2.85. The largest absolute Gasteiger partial charge is 0.496 e. The van der Waals surface area contributed by atoms with Gasteiger partial charge in [0.1, 0.15) is 5.75 Å². The molecule has 0 aliphatic heterocycles. The fraction of sp³-hybridized carbons (Fsp3) is 0.235. The van der Waals surface area contributed by atoms with Crippen LogP contribution in [0.2, 0.25) is 10.0 Å². The predicted octanol–water partition coefficient (Wildman–Crippen LogP) is 4.72. The fourth-order valence-electron chi connectivity index (χ4n) is 2.36. The summed E-state index contributed by atoms with van der Waals surface area (Å²) in [5.41, 5.74) is 2.35. The topological polar surface area (TPSA) is 46.5 Å². The number of aryl methyl sites for hydroxylation is 1. The van der Waals surface area contributed by atoms with Gasteiger partial charge in [0.2, 0.25) is 0 Å². The van der Waals surface area contributed by atoms with Gasteiger partial charge in [-0.2, -0.15) is 0 Å². The minimum Gasteiger partial charge on any atom is -0.496 e. The molecule has 0 aliphatic carbocycles. The number of halogens is 2. The van der Waals surface area contributed by atoms with E-state index in [1.165, 1.54) is 7.11 Å². The molecule has 1 unspecified atom stereocenters. The highest BCUT2D eigenvalue weighted by molar-refractivity contribution is 6.35. The summed E-state index contributed by atoms with van der Waals surface area (Å²) in [4.78, 5) is 11.7. The molecule has 1 N–H and O–H groups in total. The standard InChI is InChI=1S/C17H16Cl2O3/c1-10-3-6-16(22-2)13(7-10)14(17(20)21)8-11-4-5-12(18)9-15(11)19/h3-7,9,14H,8H2,1-2H3,(H,20,21). The maximum absolute atomic E-state index is 11.7. The van der Waals surface area contributed by atoms with E-state index in [4.69, 9.17) is 27.9 Å². The smallest absolute Gasteiger partial charge is 0.311 e. The number of hydrogen-bond acceptors (Lipinski definition) is 2. The molecule has 2 aromatic carbocycles. The highest BCUT2D eigenvalue weighted by Crippen LogP contribution is 2.33. The predicted molar refractivity (Wildman–Crippen MR) is 88.3 cm³/mol. The Hall–Kier alpha value is -1.71. The number of methoxy groups -OCH3 is 1. The van der Waals surface area contributed by atoms with Gasteiger partial charge in [-0.05, 0) is 37.1 Å². The monoisotopic (exact) mass is 338 g/mol. The molecule has 0 aromatic heterocycles. The molecule has 2 rings (SSSR count). The van der Waals surface area contributed by atoms with E-state index in [2.05, 4.69) is 0 Å². The Morgan fingerprint density at radius 1 is 1.23 bits per heavy atom. The summed E-state index contributed by atoms with van der Waals surface area (Å²) >= 11 is 12.0. The number of carboxylic acids is 1. The SMILES string of the molecule is COc1ccc(C)cc1C(Cc1ccc(Cl)cc1Cl)C(=O)O. The maximum Gasteiger partial charge on any atom is 0.311 e. The summed E-state index contributed by atoms with van der Waals surface area (Å²) in [6.45, 7) is 1.91. The first-order chi connectivity index (χ1) is 10.4. The summed E-state index contributed by atoms with van der Waals surface area (Å²) < 4.78 is 5.30. The number of carbonyl (C=O) groups is 1. The van der Waals surface area contributed by atoms with Gasteiger partial charge in [0.05, 0.1) is 13.0 Å². The highest BCUT2D eigenvalue weighted by atomic mass is 35.5. The van der Waals surface area contributed by atoms with E-state index in [-0.39, 0.29) is 6.42 Å². The molecule has 5 heteroatoms. The van der Waals surface area contributed by atoms with Crippen molar-refractivity contribution in [3.05, 3.63) is 63.1 Å². The van der Waals surface area contributed by atoms with E-state index in [1.807, 2.05) is 19.1 Å². The average molecular weight is 339 g/mol. The van der Waals surface area contributed by atoms with Gasteiger partial charge in [-0.1, -0.05) is 47.0 Å². The van der Waals surface area contributed by atoms with Crippen molar-refractivity contribution in [3.8, 4) is 5.75 Å². The van der Waals surface area contributed by atoms with Crippen molar-refractivity contribution >= 4 is 29.2 Å². The molecule has 0 saturated carbocycles. The lowest BCUT2D eigenvalue weighted by molar-refractivity contribution is -0.138. The third-order valence-corrected chi connectivity index (χ3v) is 4.08. The molecule has 1 atom stereocenters. The average Bonchev–Trinajstić information content (AvgIpc) is 2.46. The molecular formula is C17H16Cl2O3. The lowest BCUT2D eigenvalue weighted by Crippen LogP contribution is -2.16. The van der Waals surface area contributed by atoms with Gasteiger partial charge in [0.25, 0.3) is 0 Å². The van der Waals surface area contributed by atoms with E-state index < -0.39 is 11.9 Å². The Morgan fingerprint density at radius 3 is 2.55 bits per heavy atom. The van der Waals surface area contributed by atoms with Crippen molar-refractivity contribution in [3.63, 3.8) is 0 Å². The van der Waals surface area contributed by atoms with Crippen LogP contribution in [0.1, 0.15) is 22.6 Å². The Kier molecular flexibility index (Phi) is 5.33. The maximum atomic E-state index is 11.7. The van der Waals surface area contributed by atoms with Gasteiger partial charge < -0.3 is 9.84 Å². The van der Waals surface area contributed by atoms with Gasteiger partial charge in [0, 0.05) is 15.6 Å². The van der Waals surface area contributed by atoms with Crippen LogP contribution < -0.4 is 4.74 Å². The van der Waals surface area contributed by atoms with Gasteiger partial charge >= 0.3 is 5.97 Å². The Labute approximate surface area is 139 Å². The molecule has 0 heterocycles. The molecular weight excluding hydrogens is 323 g/mol. The van der Waals surface area contributed by atoms with Crippen LogP contribution in [-0.2, 0) is 11.2 Å². The molecule has 22 heavy (non-hydrogen) atoms. The van der Waals surface area contributed by atoms with Crippen LogP contribution in [0.25, 0.3) is 0 Å². The number of aliphatic carboxylic acids is 1. The van der Waals surface area contributed by atoms with Gasteiger partial charge in [-0.15, -0.1) is 0 Å². The van der Waals surface area contributed by atoms with Gasteiger partial charge in [-0.25, -0.2) is 0 Å². The van der Waals surface area contributed by atoms with Crippen molar-refractivity contribution in [1.29, 1.82) is 0 Å². The van der Waals surface area contributed by atoms with Crippen LogP contribution in [0.3, 0.4) is 0 Å². The summed E-state index contributed by atoms with van der Waals surface area (Å²) in [6.07, 6.45) is 0.269. The summed E-state index contributed by atoms with van der Waals surface area (Å²) in [5, 5.41) is 10.6.